The SMILES string of the molecule is CC1(C(=O)O)CCCN1C(=O)C=Cc1cccc(Cl)c1Cl. The predicted molar refractivity (Wildman–Crippen MR) is 82.5 cm³/mol. The molecule has 0 saturated carbocycles. The molecular formula is C15H15Cl2NO3. The third-order valence-electron chi connectivity index (χ3n) is 3.75. The number of likely N-dealkylation sites (tertiary alicyclic amines) is 1. The van der Waals surface area contributed by atoms with Crippen LogP contribution in [0.5, 0.6) is 0 Å². The second-order valence-corrected chi connectivity index (χ2v) is 5.93. The average molecular weight is 328 g/mol. The van der Waals surface area contributed by atoms with E-state index in [4.69, 9.17) is 23.2 Å². The molecule has 1 amide bonds. The van der Waals surface area contributed by atoms with E-state index in [0.717, 1.165) is 0 Å². The van der Waals surface area contributed by atoms with E-state index in [1.54, 1.807) is 31.2 Å². The van der Waals surface area contributed by atoms with Crippen molar-refractivity contribution >= 4 is 41.2 Å². The number of hydrogen-bond donors (Lipinski definition) is 1. The molecule has 0 bridgehead atoms. The van der Waals surface area contributed by atoms with Crippen LogP contribution in [0.2, 0.25) is 10.0 Å². The van der Waals surface area contributed by atoms with Gasteiger partial charge in [0.2, 0.25) is 5.91 Å². The van der Waals surface area contributed by atoms with E-state index >= 15 is 0 Å². The van der Waals surface area contributed by atoms with Gasteiger partial charge in [0.25, 0.3) is 0 Å². The maximum atomic E-state index is 12.2. The molecule has 1 heterocycles. The Morgan fingerprint density at radius 1 is 1.38 bits per heavy atom. The number of amides is 1. The molecule has 1 saturated heterocycles. The van der Waals surface area contributed by atoms with E-state index in [0.29, 0.717) is 35.0 Å². The molecule has 1 aromatic carbocycles. The van der Waals surface area contributed by atoms with Gasteiger partial charge in [0.1, 0.15) is 5.54 Å². The number of nitrogens with zero attached hydrogens (tertiary/aromatic N) is 1. The number of carboxylic acid groups (broad SMARTS) is 1. The van der Waals surface area contributed by atoms with Gasteiger partial charge in [-0.15, -0.1) is 0 Å². The monoisotopic (exact) mass is 327 g/mol. The molecule has 4 nitrogen and oxygen atoms in total. The van der Waals surface area contributed by atoms with Crippen molar-refractivity contribution in [1.29, 1.82) is 0 Å². The Kier molecular flexibility index (Phi) is 4.59. The molecule has 6 heteroatoms. The van der Waals surface area contributed by atoms with Gasteiger partial charge in [-0.05, 0) is 37.5 Å². The van der Waals surface area contributed by atoms with Gasteiger partial charge >= 0.3 is 5.97 Å². The maximum Gasteiger partial charge on any atom is 0.329 e. The highest BCUT2D eigenvalue weighted by Gasteiger charge is 2.45. The quantitative estimate of drug-likeness (QED) is 0.865. The molecule has 1 fully saturated rings. The average Bonchev–Trinajstić information content (AvgIpc) is 2.84. The van der Waals surface area contributed by atoms with Gasteiger partial charge in [-0.1, -0.05) is 35.3 Å². The second kappa shape index (κ2) is 6.08. The molecule has 0 spiro atoms. The van der Waals surface area contributed by atoms with E-state index in [1.165, 1.54) is 11.0 Å². The van der Waals surface area contributed by atoms with Crippen molar-refractivity contribution in [2.75, 3.05) is 6.54 Å². The Morgan fingerprint density at radius 2 is 2.10 bits per heavy atom. The van der Waals surface area contributed by atoms with Crippen LogP contribution in [0.3, 0.4) is 0 Å². The molecule has 21 heavy (non-hydrogen) atoms. The number of carbonyl (C=O) groups excluding carboxylic acids is 1. The van der Waals surface area contributed by atoms with Crippen LogP contribution in [0, 0.1) is 0 Å². The lowest BCUT2D eigenvalue weighted by molar-refractivity contribution is -0.153. The molecule has 1 N–H and O–H groups in total. The maximum absolute atomic E-state index is 12.2. The number of carboxylic acids is 1. The fourth-order valence-electron chi connectivity index (χ4n) is 2.44. The summed E-state index contributed by atoms with van der Waals surface area (Å²) in [5, 5.41) is 10.1. The molecule has 1 aliphatic heterocycles. The standard InChI is InChI=1S/C15H15Cl2NO3/c1-15(14(20)21)8-3-9-18(15)12(19)7-6-10-4-2-5-11(16)13(10)17/h2,4-7H,3,8-9H2,1H3,(H,20,21). The number of benzene rings is 1. The zero-order valence-corrected chi connectivity index (χ0v) is 13.0. The van der Waals surface area contributed by atoms with Crippen molar-refractivity contribution in [3.63, 3.8) is 0 Å². The van der Waals surface area contributed by atoms with Crippen LogP contribution in [0.4, 0.5) is 0 Å². The normalized spacial score (nSPS) is 22.0. The van der Waals surface area contributed by atoms with E-state index in [2.05, 4.69) is 0 Å². The minimum Gasteiger partial charge on any atom is -0.480 e. The number of hydrogen-bond acceptors (Lipinski definition) is 2. The third-order valence-corrected chi connectivity index (χ3v) is 4.59. The lowest BCUT2D eigenvalue weighted by Crippen LogP contribution is -2.50. The Balaban J connectivity index is 2.20. The van der Waals surface area contributed by atoms with E-state index < -0.39 is 11.5 Å². The molecule has 1 atom stereocenters. The van der Waals surface area contributed by atoms with Crippen LogP contribution >= 0.6 is 23.2 Å². The van der Waals surface area contributed by atoms with Gasteiger partial charge in [-0.3, -0.25) is 4.79 Å². The number of halogens is 2. The summed E-state index contributed by atoms with van der Waals surface area (Å²) in [5.41, 5.74) is -0.520. The molecule has 1 aromatic rings. The minimum absolute atomic E-state index is 0.339. The summed E-state index contributed by atoms with van der Waals surface area (Å²) in [6.45, 7) is 2.01. The first-order valence-corrected chi connectivity index (χ1v) is 7.29. The fourth-order valence-corrected chi connectivity index (χ4v) is 2.81. The largest absolute Gasteiger partial charge is 0.480 e. The number of aliphatic carboxylic acids is 1. The van der Waals surface area contributed by atoms with Crippen molar-refractivity contribution in [3.8, 4) is 0 Å². The van der Waals surface area contributed by atoms with Gasteiger partial charge in [0.15, 0.2) is 0 Å². The number of rotatable bonds is 3. The van der Waals surface area contributed by atoms with Crippen molar-refractivity contribution in [3.05, 3.63) is 39.9 Å². The summed E-state index contributed by atoms with van der Waals surface area (Å²) >= 11 is 11.9. The summed E-state index contributed by atoms with van der Waals surface area (Å²) in [4.78, 5) is 25.0. The highest BCUT2D eigenvalue weighted by atomic mass is 35.5. The van der Waals surface area contributed by atoms with Crippen LogP contribution in [0.1, 0.15) is 25.3 Å². The molecular weight excluding hydrogens is 313 g/mol. The van der Waals surface area contributed by atoms with Crippen LogP contribution in [-0.4, -0.2) is 34.0 Å². The van der Waals surface area contributed by atoms with Gasteiger partial charge < -0.3 is 10.0 Å². The molecule has 1 aliphatic rings. The Bertz CT molecular complexity index is 615. The first-order chi connectivity index (χ1) is 9.86. The summed E-state index contributed by atoms with van der Waals surface area (Å²) in [6.07, 6.45) is 4.03. The van der Waals surface area contributed by atoms with E-state index in [1.807, 2.05) is 0 Å². The molecule has 0 aliphatic carbocycles. The lowest BCUT2D eigenvalue weighted by Gasteiger charge is -2.30. The molecule has 2 rings (SSSR count). The van der Waals surface area contributed by atoms with Crippen molar-refractivity contribution in [2.24, 2.45) is 0 Å². The smallest absolute Gasteiger partial charge is 0.329 e. The Hall–Kier alpha value is -1.52. The van der Waals surface area contributed by atoms with Crippen LogP contribution < -0.4 is 0 Å². The topological polar surface area (TPSA) is 57.6 Å². The first-order valence-electron chi connectivity index (χ1n) is 6.53. The zero-order valence-electron chi connectivity index (χ0n) is 11.5. The van der Waals surface area contributed by atoms with Gasteiger partial charge in [0.05, 0.1) is 10.0 Å². The fraction of sp³-hybridized carbons (Fsp3) is 0.333. The summed E-state index contributed by atoms with van der Waals surface area (Å²) in [7, 11) is 0. The lowest BCUT2D eigenvalue weighted by atomic mass is 9.99. The third kappa shape index (κ3) is 3.06. The summed E-state index contributed by atoms with van der Waals surface area (Å²) in [5.74, 6) is -1.32. The zero-order chi connectivity index (χ0) is 15.6. The van der Waals surface area contributed by atoms with Crippen molar-refractivity contribution in [1.82, 2.24) is 4.90 Å². The summed E-state index contributed by atoms with van der Waals surface area (Å²) in [6, 6.07) is 5.12. The highest BCUT2D eigenvalue weighted by Crippen LogP contribution is 2.30. The molecule has 1 unspecified atom stereocenters. The molecule has 0 aromatic heterocycles. The van der Waals surface area contributed by atoms with E-state index in [-0.39, 0.29) is 5.91 Å². The molecule has 112 valence electrons. The molecule has 0 radical (unpaired) electrons. The predicted octanol–water partition coefficient (Wildman–Crippen LogP) is 3.47. The van der Waals surface area contributed by atoms with Gasteiger partial charge in [-0.2, -0.15) is 0 Å². The Morgan fingerprint density at radius 3 is 2.76 bits per heavy atom. The Labute approximate surface area is 133 Å². The highest BCUT2D eigenvalue weighted by molar-refractivity contribution is 6.42. The minimum atomic E-state index is -1.14. The van der Waals surface area contributed by atoms with Crippen molar-refractivity contribution < 1.29 is 14.7 Å². The van der Waals surface area contributed by atoms with Gasteiger partial charge in [0, 0.05) is 12.6 Å². The summed E-state index contributed by atoms with van der Waals surface area (Å²) < 4.78 is 0. The van der Waals surface area contributed by atoms with Crippen molar-refractivity contribution in [2.45, 2.75) is 25.3 Å². The number of carbonyl (C=O) groups is 2. The van der Waals surface area contributed by atoms with E-state index in [9.17, 15) is 14.7 Å². The van der Waals surface area contributed by atoms with Crippen LogP contribution in [0.15, 0.2) is 24.3 Å². The van der Waals surface area contributed by atoms with Crippen LogP contribution in [-0.2, 0) is 9.59 Å². The van der Waals surface area contributed by atoms with Crippen LogP contribution in [0.25, 0.3) is 6.08 Å². The van der Waals surface area contributed by atoms with Gasteiger partial charge in [-0.25, -0.2) is 4.79 Å². The second-order valence-electron chi connectivity index (χ2n) is 5.15. The first kappa shape index (κ1) is 15.9.